The summed E-state index contributed by atoms with van der Waals surface area (Å²) in [7, 11) is 0. The molecule has 0 saturated heterocycles. The second-order valence-electron chi connectivity index (χ2n) is 17.3. The molecule has 0 aromatic heterocycles. The Labute approximate surface area is 360 Å². The largest absolute Gasteiger partial charge is 0.310 e. The fourth-order valence-electron chi connectivity index (χ4n) is 10.8. The third kappa shape index (κ3) is 5.54. The summed E-state index contributed by atoms with van der Waals surface area (Å²) in [5, 5.41) is 0. The summed E-state index contributed by atoms with van der Waals surface area (Å²) in [6.45, 7) is 9.32. The van der Waals surface area contributed by atoms with Gasteiger partial charge in [-0.1, -0.05) is 196 Å². The normalized spacial score (nSPS) is 13.8. The highest BCUT2D eigenvalue weighted by Gasteiger charge is 2.47. The van der Waals surface area contributed by atoms with Gasteiger partial charge in [0, 0.05) is 22.4 Å². The first kappa shape index (κ1) is 36.8. The quantitative estimate of drug-likeness (QED) is 0.156. The van der Waals surface area contributed by atoms with Gasteiger partial charge in [0.2, 0.25) is 0 Å². The summed E-state index contributed by atoms with van der Waals surface area (Å²) >= 11 is 0. The van der Waals surface area contributed by atoms with E-state index in [2.05, 4.69) is 245 Å². The molecule has 0 fully saturated rings. The maximum Gasteiger partial charge on any atom is 0.0713 e. The van der Waals surface area contributed by atoms with Crippen LogP contribution in [0.3, 0.4) is 0 Å². The third-order valence-electron chi connectivity index (χ3n) is 13.7. The molecule has 2 aliphatic rings. The van der Waals surface area contributed by atoms with Gasteiger partial charge in [0.15, 0.2) is 0 Å². The zero-order valence-electron chi connectivity index (χ0n) is 35.2. The van der Waals surface area contributed by atoms with Crippen molar-refractivity contribution in [1.29, 1.82) is 0 Å². The number of anilines is 3. The van der Waals surface area contributed by atoms with Crippen molar-refractivity contribution in [2.45, 2.75) is 38.5 Å². The lowest BCUT2D eigenvalue weighted by atomic mass is 9.67. The molecule has 2 aliphatic carbocycles. The number of hydrogen-bond acceptors (Lipinski definition) is 1. The van der Waals surface area contributed by atoms with Crippen LogP contribution in [0.2, 0.25) is 0 Å². The van der Waals surface area contributed by atoms with Crippen molar-refractivity contribution in [2.24, 2.45) is 0 Å². The van der Waals surface area contributed by atoms with Gasteiger partial charge in [0.25, 0.3) is 0 Å². The van der Waals surface area contributed by atoms with Gasteiger partial charge in [-0.3, -0.25) is 0 Å². The summed E-state index contributed by atoms with van der Waals surface area (Å²) in [5.74, 6) is 0. The highest BCUT2D eigenvalue weighted by atomic mass is 15.1. The lowest BCUT2D eigenvalue weighted by molar-refractivity contribution is 0.660. The second kappa shape index (κ2) is 14.2. The Kier molecular flexibility index (Phi) is 8.58. The Hall–Kier alpha value is -7.22. The molecule has 61 heavy (non-hydrogen) atoms. The Morgan fingerprint density at radius 1 is 0.361 bits per heavy atom. The van der Waals surface area contributed by atoms with Crippen molar-refractivity contribution in [3.05, 3.63) is 257 Å². The predicted molar refractivity (Wildman–Crippen MR) is 256 cm³/mol. The first-order valence-corrected chi connectivity index (χ1v) is 21.5. The maximum atomic E-state index is 2.47. The van der Waals surface area contributed by atoms with Crippen molar-refractivity contribution >= 4 is 17.1 Å². The number of rotatable bonds is 7. The van der Waals surface area contributed by atoms with E-state index in [0.29, 0.717) is 0 Å². The minimum Gasteiger partial charge on any atom is -0.310 e. The van der Waals surface area contributed by atoms with Crippen LogP contribution in [0.5, 0.6) is 0 Å². The third-order valence-corrected chi connectivity index (χ3v) is 13.7. The Bertz CT molecular complexity index is 3060. The summed E-state index contributed by atoms with van der Waals surface area (Å²) < 4.78 is 0. The van der Waals surface area contributed by atoms with Crippen molar-refractivity contribution in [1.82, 2.24) is 0 Å². The lowest BCUT2D eigenvalue weighted by Gasteiger charge is -2.34. The van der Waals surface area contributed by atoms with Crippen LogP contribution in [0.4, 0.5) is 17.1 Å². The van der Waals surface area contributed by atoms with Crippen LogP contribution in [-0.4, -0.2) is 0 Å². The Morgan fingerprint density at radius 3 is 1.56 bits per heavy atom. The number of nitrogens with zero attached hydrogens (tertiary/aromatic N) is 1. The van der Waals surface area contributed by atoms with Gasteiger partial charge in [-0.25, -0.2) is 0 Å². The van der Waals surface area contributed by atoms with Crippen LogP contribution in [0.25, 0.3) is 44.5 Å². The molecule has 292 valence electrons. The number of para-hydroxylation sites is 1. The minimum atomic E-state index is -0.458. The molecule has 0 radical (unpaired) electrons. The molecule has 0 bridgehead atoms. The van der Waals surface area contributed by atoms with Crippen LogP contribution in [-0.2, 0) is 10.8 Å². The standard InChI is InChI=1S/C60H47N/c1-40-38-55-58(51-28-15-18-30-53(51)60(55,44-22-10-6-11-23-44)45-24-12-7-13-25-45)57(41(40)2)43-32-34-46(35-33-43)61(56-31-19-16-26-48(56)42-20-8-5-9-21-42)47-36-37-50-49-27-14-17-29-52(49)59(3,4)54(50)39-47/h5-39H,1-4H3. The fourth-order valence-corrected chi connectivity index (χ4v) is 10.8. The molecule has 0 saturated carbocycles. The molecule has 0 atom stereocenters. The lowest BCUT2D eigenvalue weighted by Crippen LogP contribution is -2.28. The molecule has 0 aliphatic heterocycles. The fraction of sp³-hybridized carbons (Fsp3) is 0.100. The molecule has 0 spiro atoms. The molecule has 0 unspecified atom stereocenters. The SMILES string of the molecule is Cc1cc2c(c(-c3ccc(N(c4ccc5c(c4)C(C)(C)c4ccccc4-5)c4ccccc4-c4ccccc4)cc3)c1C)-c1ccccc1C2(c1ccccc1)c1ccccc1. The molecule has 1 nitrogen and oxygen atoms in total. The van der Waals surface area contributed by atoms with E-state index in [1.807, 2.05) is 0 Å². The molecular weight excluding hydrogens is 735 g/mol. The van der Waals surface area contributed by atoms with E-state index in [4.69, 9.17) is 0 Å². The molecular formula is C60H47N. The first-order chi connectivity index (χ1) is 29.9. The molecule has 0 heterocycles. The van der Waals surface area contributed by atoms with Crippen molar-refractivity contribution < 1.29 is 0 Å². The van der Waals surface area contributed by atoms with E-state index < -0.39 is 5.41 Å². The van der Waals surface area contributed by atoms with Gasteiger partial charge in [-0.2, -0.15) is 0 Å². The van der Waals surface area contributed by atoms with Crippen LogP contribution >= 0.6 is 0 Å². The summed E-state index contributed by atoms with van der Waals surface area (Å²) in [6.07, 6.45) is 0. The Balaban J connectivity index is 1.12. The van der Waals surface area contributed by atoms with E-state index >= 15 is 0 Å². The highest BCUT2D eigenvalue weighted by Crippen LogP contribution is 2.59. The van der Waals surface area contributed by atoms with Gasteiger partial charge in [-0.05, 0) is 128 Å². The zero-order chi connectivity index (χ0) is 41.3. The topological polar surface area (TPSA) is 3.24 Å². The van der Waals surface area contributed by atoms with Crippen LogP contribution in [0, 0.1) is 13.8 Å². The molecule has 9 aromatic rings. The van der Waals surface area contributed by atoms with Crippen LogP contribution < -0.4 is 4.90 Å². The number of benzene rings is 9. The molecule has 0 N–H and O–H groups in total. The van der Waals surface area contributed by atoms with Gasteiger partial charge in [-0.15, -0.1) is 0 Å². The van der Waals surface area contributed by atoms with Crippen LogP contribution in [0.15, 0.2) is 212 Å². The maximum absolute atomic E-state index is 2.47. The van der Waals surface area contributed by atoms with Gasteiger partial charge in [0.1, 0.15) is 0 Å². The van der Waals surface area contributed by atoms with Crippen molar-refractivity contribution in [3.8, 4) is 44.5 Å². The average molecular weight is 782 g/mol. The smallest absolute Gasteiger partial charge is 0.0713 e. The van der Waals surface area contributed by atoms with Gasteiger partial charge >= 0.3 is 0 Å². The van der Waals surface area contributed by atoms with Gasteiger partial charge < -0.3 is 4.90 Å². The summed E-state index contributed by atoms with van der Waals surface area (Å²) in [6, 6.07) is 78.8. The Morgan fingerprint density at radius 2 is 0.885 bits per heavy atom. The second-order valence-corrected chi connectivity index (χ2v) is 17.3. The predicted octanol–water partition coefficient (Wildman–Crippen LogP) is 15.8. The first-order valence-electron chi connectivity index (χ1n) is 21.5. The minimum absolute atomic E-state index is 0.121. The van der Waals surface area contributed by atoms with E-state index in [9.17, 15) is 0 Å². The van der Waals surface area contributed by atoms with Crippen LogP contribution in [0.1, 0.15) is 58.4 Å². The van der Waals surface area contributed by atoms with E-state index in [0.717, 1.165) is 17.1 Å². The average Bonchev–Trinajstić information content (AvgIpc) is 3.73. The molecule has 11 rings (SSSR count). The van der Waals surface area contributed by atoms with E-state index in [1.165, 1.54) is 89.0 Å². The van der Waals surface area contributed by atoms with E-state index in [1.54, 1.807) is 0 Å². The van der Waals surface area contributed by atoms with Crippen molar-refractivity contribution in [2.75, 3.05) is 4.90 Å². The summed E-state index contributed by atoms with van der Waals surface area (Å²) in [4.78, 5) is 2.46. The number of hydrogen-bond donors (Lipinski definition) is 0. The highest BCUT2D eigenvalue weighted by molar-refractivity contribution is 5.98. The zero-order valence-corrected chi connectivity index (χ0v) is 35.2. The molecule has 9 aromatic carbocycles. The summed E-state index contributed by atoms with van der Waals surface area (Å²) in [5.41, 5.74) is 23.6. The molecule has 0 amide bonds. The van der Waals surface area contributed by atoms with Crippen molar-refractivity contribution in [3.63, 3.8) is 0 Å². The number of fused-ring (bicyclic) bond motifs is 6. The number of aryl methyl sites for hydroxylation is 1. The van der Waals surface area contributed by atoms with E-state index in [-0.39, 0.29) is 5.41 Å². The van der Waals surface area contributed by atoms with Gasteiger partial charge in [0.05, 0.1) is 11.1 Å². The molecule has 1 heteroatoms. The monoisotopic (exact) mass is 781 g/mol.